The first-order valence-corrected chi connectivity index (χ1v) is 8.95. The van der Waals surface area contributed by atoms with Crippen LogP contribution in [0.2, 0.25) is 0 Å². The molecule has 2 fully saturated rings. The lowest BCUT2D eigenvalue weighted by Gasteiger charge is -2.35. The monoisotopic (exact) mass is 320 g/mol. The molecule has 1 aliphatic carbocycles. The molecule has 1 aliphatic heterocycles. The summed E-state index contributed by atoms with van der Waals surface area (Å²) >= 11 is 0. The standard InChI is InChI=1S/C21H24N2O/c24-21(20-10-11-20)23-14-12-22(13-15-23)16-17-6-8-19(9-7-17)18-4-2-1-3-5-18/h1-9,20H,10-16H2. The van der Waals surface area contributed by atoms with Gasteiger partial charge in [-0.05, 0) is 29.5 Å². The van der Waals surface area contributed by atoms with Crippen molar-refractivity contribution in [3.63, 3.8) is 0 Å². The highest BCUT2D eigenvalue weighted by molar-refractivity contribution is 5.81. The average Bonchev–Trinajstić information content (AvgIpc) is 3.48. The van der Waals surface area contributed by atoms with Crippen molar-refractivity contribution in [1.82, 2.24) is 9.80 Å². The van der Waals surface area contributed by atoms with E-state index in [0.29, 0.717) is 11.8 Å². The predicted octanol–water partition coefficient (Wildman–Crippen LogP) is 3.41. The summed E-state index contributed by atoms with van der Waals surface area (Å²) in [5.41, 5.74) is 3.87. The molecule has 0 spiro atoms. The van der Waals surface area contributed by atoms with E-state index in [1.54, 1.807) is 0 Å². The molecule has 1 heterocycles. The number of nitrogens with zero attached hydrogens (tertiary/aromatic N) is 2. The van der Waals surface area contributed by atoms with E-state index in [4.69, 9.17) is 0 Å². The fraction of sp³-hybridized carbons (Fsp3) is 0.381. The van der Waals surface area contributed by atoms with E-state index in [1.807, 2.05) is 6.07 Å². The molecule has 3 nitrogen and oxygen atoms in total. The third-order valence-corrected chi connectivity index (χ3v) is 5.08. The van der Waals surface area contributed by atoms with Crippen molar-refractivity contribution in [2.75, 3.05) is 26.2 Å². The van der Waals surface area contributed by atoms with Gasteiger partial charge in [0.2, 0.25) is 5.91 Å². The normalized spacial score (nSPS) is 18.6. The molecule has 1 amide bonds. The summed E-state index contributed by atoms with van der Waals surface area (Å²) in [4.78, 5) is 16.6. The van der Waals surface area contributed by atoms with Crippen LogP contribution in [0.1, 0.15) is 18.4 Å². The molecule has 0 N–H and O–H groups in total. The van der Waals surface area contributed by atoms with Crippen LogP contribution >= 0.6 is 0 Å². The lowest BCUT2D eigenvalue weighted by molar-refractivity contribution is -0.134. The second-order valence-electron chi connectivity index (χ2n) is 6.94. The van der Waals surface area contributed by atoms with E-state index in [2.05, 4.69) is 58.3 Å². The Bertz CT molecular complexity index is 684. The SMILES string of the molecule is O=C(C1CC1)N1CCN(Cc2ccc(-c3ccccc3)cc2)CC1. The number of hydrogen-bond donors (Lipinski definition) is 0. The minimum absolute atomic E-state index is 0.349. The topological polar surface area (TPSA) is 23.6 Å². The largest absolute Gasteiger partial charge is 0.340 e. The summed E-state index contributed by atoms with van der Waals surface area (Å²) in [5.74, 6) is 0.740. The molecule has 0 aromatic heterocycles. The Kier molecular flexibility index (Phi) is 4.35. The smallest absolute Gasteiger partial charge is 0.225 e. The summed E-state index contributed by atoms with van der Waals surface area (Å²) in [6.07, 6.45) is 2.21. The Morgan fingerprint density at radius 3 is 2.08 bits per heavy atom. The fourth-order valence-corrected chi connectivity index (χ4v) is 3.41. The number of benzene rings is 2. The van der Waals surface area contributed by atoms with Crippen molar-refractivity contribution in [3.8, 4) is 11.1 Å². The molecule has 0 bridgehead atoms. The number of carbonyl (C=O) groups excluding carboxylic acids is 1. The molecule has 1 saturated carbocycles. The van der Waals surface area contributed by atoms with Crippen LogP contribution in [0.5, 0.6) is 0 Å². The van der Waals surface area contributed by atoms with Gasteiger partial charge in [0.05, 0.1) is 0 Å². The molecule has 2 aromatic carbocycles. The molecule has 24 heavy (non-hydrogen) atoms. The Hall–Kier alpha value is -2.13. The summed E-state index contributed by atoms with van der Waals surface area (Å²) < 4.78 is 0. The lowest BCUT2D eigenvalue weighted by Crippen LogP contribution is -2.48. The lowest BCUT2D eigenvalue weighted by atomic mass is 10.0. The second kappa shape index (κ2) is 6.78. The van der Waals surface area contributed by atoms with Crippen LogP contribution in [0.15, 0.2) is 54.6 Å². The van der Waals surface area contributed by atoms with Gasteiger partial charge in [-0.1, -0.05) is 54.6 Å². The van der Waals surface area contributed by atoms with Crippen molar-refractivity contribution in [2.45, 2.75) is 19.4 Å². The zero-order valence-corrected chi connectivity index (χ0v) is 14.0. The van der Waals surface area contributed by atoms with Crippen molar-refractivity contribution < 1.29 is 4.79 Å². The van der Waals surface area contributed by atoms with Crippen LogP contribution < -0.4 is 0 Å². The van der Waals surface area contributed by atoms with Crippen molar-refractivity contribution >= 4 is 5.91 Å². The number of piperazine rings is 1. The predicted molar refractivity (Wildman–Crippen MR) is 96.5 cm³/mol. The second-order valence-corrected chi connectivity index (χ2v) is 6.94. The molecule has 2 aliphatic rings. The molecule has 0 radical (unpaired) electrons. The Morgan fingerprint density at radius 1 is 0.833 bits per heavy atom. The molecule has 4 rings (SSSR count). The summed E-state index contributed by atoms with van der Waals surface area (Å²) in [6, 6.07) is 19.3. The quantitative estimate of drug-likeness (QED) is 0.862. The van der Waals surface area contributed by atoms with Gasteiger partial charge in [-0.3, -0.25) is 9.69 Å². The van der Waals surface area contributed by atoms with Gasteiger partial charge in [0.1, 0.15) is 0 Å². The van der Waals surface area contributed by atoms with Gasteiger partial charge in [0.15, 0.2) is 0 Å². The third-order valence-electron chi connectivity index (χ3n) is 5.08. The maximum atomic E-state index is 12.1. The first-order chi connectivity index (χ1) is 11.8. The zero-order chi connectivity index (χ0) is 16.4. The van der Waals surface area contributed by atoms with Gasteiger partial charge in [-0.25, -0.2) is 0 Å². The minimum atomic E-state index is 0.349. The first-order valence-electron chi connectivity index (χ1n) is 8.95. The Morgan fingerprint density at radius 2 is 1.46 bits per heavy atom. The molecular weight excluding hydrogens is 296 g/mol. The van der Waals surface area contributed by atoms with Crippen LogP contribution in [0.3, 0.4) is 0 Å². The highest BCUT2D eigenvalue weighted by atomic mass is 16.2. The van der Waals surface area contributed by atoms with Crippen LogP contribution in [0.4, 0.5) is 0 Å². The van der Waals surface area contributed by atoms with Crippen LogP contribution in [0.25, 0.3) is 11.1 Å². The summed E-state index contributed by atoms with van der Waals surface area (Å²) in [6.45, 7) is 4.72. The van der Waals surface area contributed by atoms with E-state index < -0.39 is 0 Å². The summed E-state index contributed by atoms with van der Waals surface area (Å²) in [7, 11) is 0. The number of rotatable bonds is 4. The maximum Gasteiger partial charge on any atom is 0.225 e. The highest BCUT2D eigenvalue weighted by Crippen LogP contribution is 2.31. The first kappa shape index (κ1) is 15.4. The summed E-state index contributed by atoms with van der Waals surface area (Å²) in [5, 5.41) is 0. The van der Waals surface area contributed by atoms with E-state index in [-0.39, 0.29) is 0 Å². The van der Waals surface area contributed by atoms with Gasteiger partial charge >= 0.3 is 0 Å². The van der Waals surface area contributed by atoms with Gasteiger partial charge in [0, 0.05) is 38.6 Å². The van der Waals surface area contributed by atoms with Crippen molar-refractivity contribution in [3.05, 3.63) is 60.2 Å². The molecule has 0 atom stereocenters. The molecular formula is C21H24N2O. The van der Waals surface area contributed by atoms with Crippen LogP contribution in [-0.4, -0.2) is 41.9 Å². The van der Waals surface area contributed by atoms with Gasteiger partial charge in [-0.2, -0.15) is 0 Å². The van der Waals surface area contributed by atoms with E-state index in [9.17, 15) is 4.79 Å². The Balaban J connectivity index is 1.32. The fourth-order valence-electron chi connectivity index (χ4n) is 3.41. The van der Waals surface area contributed by atoms with Crippen LogP contribution in [0, 0.1) is 5.92 Å². The van der Waals surface area contributed by atoms with Crippen molar-refractivity contribution in [2.24, 2.45) is 5.92 Å². The molecule has 1 saturated heterocycles. The minimum Gasteiger partial charge on any atom is -0.340 e. The molecule has 3 heteroatoms. The van der Waals surface area contributed by atoms with Gasteiger partial charge in [-0.15, -0.1) is 0 Å². The van der Waals surface area contributed by atoms with Crippen molar-refractivity contribution in [1.29, 1.82) is 0 Å². The van der Waals surface area contributed by atoms with Gasteiger partial charge in [0.25, 0.3) is 0 Å². The number of carbonyl (C=O) groups is 1. The third kappa shape index (κ3) is 3.51. The van der Waals surface area contributed by atoms with Gasteiger partial charge < -0.3 is 4.90 Å². The average molecular weight is 320 g/mol. The maximum absolute atomic E-state index is 12.1. The number of amides is 1. The van der Waals surface area contributed by atoms with E-state index in [1.165, 1.54) is 16.7 Å². The van der Waals surface area contributed by atoms with E-state index >= 15 is 0 Å². The molecule has 0 unspecified atom stereocenters. The zero-order valence-electron chi connectivity index (χ0n) is 14.0. The Labute approximate surface area is 143 Å². The van der Waals surface area contributed by atoms with E-state index in [0.717, 1.165) is 45.6 Å². The molecule has 124 valence electrons. The number of hydrogen-bond acceptors (Lipinski definition) is 2. The molecule has 2 aromatic rings. The highest BCUT2D eigenvalue weighted by Gasteiger charge is 2.34. The van der Waals surface area contributed by atoms with Crippen LogP contribution in [-0.2, 0) is 11.3 Å².